The molecule has 19 heavy (non-hydrogen) atoms. The lowest BCUT2D eigenvalue weighted by Gasteiger charge is -2.12. The maximum absolute atomic E-state index is 12.5. The number of rotatable bonds is 4. The number of nitrogen functional groups attached to an aromatic ring is 1. The smallest absolute Gasteiger partial charge is 0.288 e. The molecule has 0 atom stereocenters. The van der Waals surface area contributed by atoms with Crippen molar-refractivity contribution < 1.29 is 8.78 Å². The van der Waals surface area contributed by atoms with Crippen LogP contribution in [-0.2, 0) is 0 Å². The molecule has 100 valence electrons. The standard InChI is InChI=1S/C11H9BrF2N4S/c12-8-9(15)16-5-17-10(8)18-6-3-1-2-4-7(6)19-11(13)14/h1-5,11H,(H3,15,16,17,18). The molecule has 2 rings (SSSR count). The molecular weight excluding hydrogens is 338 g/mol. The van der Waals surface area contributed by atoms with Gasteiger partial charge in [0.15, 0.2) is 0 Å². The van der Waals surface area contributed by atoms with E-state index in [1.165, 1.54) is 6.33 Å². The number of hydrogen-bond acceptors (Lipinski definition) is 5. The van der Waals surface area contributed by atoms with Gasteiger partial charge in [-0.05, 0) is 28.1 Å². The summed E-state index contributed by atoms with van der Waals surface area (Å²) in [4.78, 5) is 8.25. The lowest BCUT2D eigenvalue weighted by Crippen LogP contribution is -2.01. The van der Waals surface area contributed by atoms with Crippen molar-refractivity contribution in [3.63, 3.8) is 0 Å². The van der Waals surface area contributed by atoms with E-state index in [4.69, 9.17) is 5.73 Å². The Bertz CT molecular complexity index is 582. The van der Waals surface area contributed by atoms with Crippen LogP contribution in [0.2, 0.25) is 0 Å². The molecule has 1 aromatic carbocycles. The van der Waals surface area contributed by atoms with Crippen molar-refractivity contribution in [3.05, 3.63) is 35.1 Å². The van der Waals surface area contributed by atoms with E-state index < -0.39 is 5.76 Å². The van der Waals surface area contributed by atoms with Crippen molar-refractivity contribution >= 4 is 45.0 Å². The zero-order chi connectivity index (χ0) is 13.8. The number of nitrogens with two attached hydrogens (primary N) is 1. The second kappa shape index (κ2) is 6.16. The maximum atomic E-state index is 12.5. The van der Waals surface area contributed by atoms with Crippen molar-refractivity contribution in [2.45, 2.75) is 10.7 Å². The van der Waals surface area contributed by atoms with Crippen molar-refractivity contribution in [2.24, 2.45) is 0 Å². The Morgan fingerprint density at radius 2 is 2.00 bits per heavy atom. The highest BCUT2D eigenvalue weighted by atomic mass is 79.9. The second-order valence-electron chi connectivity index (χ2n) is 3.42. The third-order valence-electron chi connectivity index (χ3n) is 2.17. The van der Waals surface area contributed by atoms with Crippen LogP contribution >= 0.6 is 27.7 Å². The first-order valence-electron chi connectivity index (χ1n) is 5.14. The summed E-state index contributed by atoms with van der Waals surface area (Å²) < 4.78 is 25.4. The topological polar surface area (TPSA) is 63.8 Å². The molecule has 1 aromatic heterocycles. The molecular formula is C11H9BrF2N4S. The van der Waals surface area contributed by atoms with Gasteiger partial charge in [-0.25, -0.2) is 9.97 Å². The van der Waals surface area contributed by atoms with Gasteiger partial charge in [0, 0.05) is 4.90 Å². The van der Waals surface area contributed by atoms with Crippen LogP contribution in [0.15, 0.2) is 40.0 Å². The molecule has 0 spiro atoms. The van der Waals surface area contributed by atoms with E-state index in [0.29, 0.717) is 32.6 Å². The van der Waals surface area contributed by atoms with Crippen molar-refractivity contribution in [1.29, 1.82) is 0 Å². The molecule has 2 aromatic rings. The van der Waals surface area contributed by atoms with Crippen LogP contribution in [0.25, 0.3) is 0 Å². The van der Waals surface area contributed by atoms with Crippen LogP contribution in [0.4, 0.5) is 26.1 Å². The van der Waals surface area contributed by atoms with Gasteiger partial charge in [-0.3, -0.25) is 0 Å². The zero-order valence-electron chi connectivity index (χ0n) is 9.48. The second-order valence-corrected chi connectivity index (χ2v) is 5.25. The molecule has 0 aliphatic heterocycles. The number of nitrogens with zero attached hydrogens (tertiary/aromatic N) is 2. The molecule has 0 fully saturated rings. The molecule has 0 unspecified atom stereocenters. The fraction of sp³-hybridized carbons (Fsp3) is 0.0909. The minimum Gasteiger partial charge on any atom is -0.383 e. The maximum Gasteiger partial charge on any atom is 0.288 e. The summed E-state index contributed by atoms with van der Waals surface area (Å²) in [6.45, 7) is 0. The van der Waals surface area contributed by atoms with Gasteiger partial charge >= 0.3 is 0 Å². The van der Waals surface area contributed by atoms with Crippen LogP contribution in [0.3, 0.4) is 0 Å². The summed E-state index contributed by atoms with van der Waals surface area (Å²) in [5.41, 5.74) is 6.16. The average Bonchev–Trinajstić information content (AvgIpc) is 2.36. The normalized spacial score (nSPS) is 10.7. The molecule has 0 saturated heterocycles. The van der Waals surface area contributed by atoms with Gasteiger partial charge < -0.3 is 11.1 Å². The third-order valence-corrected chi connectivity index (χ3v) is 3.74. The van der Waals surface area contributed by atoms with Crippen LogP contribution in [0, 0.1) is 0 Å². The minimum atomic E-state index is -2.48. The van der Waals surface area contributed by atoms with Gasteiger partial charge in [-0.15, -0.1) is 0 Å². The number of anilines is 3. The van der Waals surface area contributed by atoms with Gasteiger partial charge in [-0.1, -0.05) is 23.9 Å². The van der Waals surface area contributed by atoms with Gasteiger partial charge in [0.25, 0.3) is 5.76 Å². The molecule has 0 bridgehead atoms. The highest BCUT2D eigenvalue weighted by molar-refractivity contribution is 9.10. The number of alkyl halides is 2. The zero-order valence-corrected chi connectivity index (χ0v) is 11.9. The predicted octanol–water partition coefficient (Wildman–Crippen LogP) is 3.88. The van der Waals surface area contributed by atoms with Crippen molar-refractivity contribution in [1.82, 2.24) is 9.97 Å². The predicted molar refractivity (Wildman–Crippen MR) is 75.7 cm³/mol. The molecule has 4 nitrogen and oxygen atoms in total. The summed E-state index contributed by atoms with van der Waals surface area (Å²) in [6, 6.07) is 6.74. The number of hydrogen-bond donors (Lipinski definition) is 2. The SMILES string of the molecule is Nc1ncnc(Nc2ccccc2SC(F)F)c1Br. The van der Waals surface area contributed by atoms with E-state index in [9.17, 15) is 8.78 Å². The summed E-state index contributed by atoms with van der Waals surface area (Å²) >= 11 is 3.71. The first kappa shape index (κ1) is 14.0. The Labute approximate surface area is 121 Å². The number of benzene rings is 1. The van der Waals surface area contributed by atoms with Crippen LogP contribution < -0.4 is 11.1 Å². The Morgan fingerprint density at radius 1 is 1.26 bits per heavy atom. The van der Waals surface area contributed by atoms with E-state index in [0.717, 1.165) is 0 Å². The highest BCUT2D eigenvalue weighted by Gasteiger charge is 2.12. The summed E-state index contributed by atoms with van der Waals surface area (Å²) in [6.07, 6.45) is 1.30. The number of para-hydroxylation sites is 1. The average molecular weight is 347 g/mol. The Morgan fingerprint density at radius 3 is 2.74 bits per heavy atom. The van der Waals surface area contributed by atoms with E-state index in [-0.39, 0.29) is 5.82 Å². The monoisotopic (exact) mass is 346 g/mol. The first-order valence-corrected chi connectivity index (χ1v) is 6.82. The first-order chi connectivity index (χ1) is 9.08. The molecule has 0 saturated carbocycles. The van der Waals surface area contributed by atoms with Gasteiger partial charge in [0.05, 0.1) is 5.69 Å². The molecule has 1 heterocycles. The quantitative estimate of drug-likeness (QED) is 0.822. The largest absolute Gasteiger partial charge is 0.383 e. The number of nitrogens with one attached hydrogen (secondary N) is 1. The molecule has 0 aliphatic rings. The molecule has 3 N–H and O–H groups in total. The summed E-state index contributed by atoms with van der Waals surface area (Å²) in [5.74, 6) is -1.78. The fourth-order valence-electron chi connectivity index (χ4n) is 1.37. The molecule has 0 aliphatic carbocycles. The fourth-order valence-corrected chi connectivity index (χ4v) is 2.27. The van der Waals surface area contributed by atoms with Gasteiger partial charge in [-0.2, -0.15) is 8.78 Å². The lowest BCUT2D eigenvalue weighted by atomic mass is 10.3. The van der Waals surface area contributed by atoms with Gasteiger partial charge in [0.1, 0.15) is 22.4 Å². The number of thioether (sulfide) groups is 1. The molecule has 8 heteroatoms. The lowest BCUT2D eigenvalue weighted by molar-refractivity contribution is 0.252. The third kappa shape index (κ3) is 3.54. The van der Waals surface area contributed by atoms with Crippen molar-refractivity contribution in [3.8, 4) is 0 Å². The van der Waals surface area contributed by atoms with E-state index in [1.54, 1.807) is 24.3 Å². The van der Waals surface area contributed by atoms with Crippen LogP contribution in [0.5, 0.6) is 0 Å². The number of aromatic nitrogens is 2. The van der Waals surface area contributed by atoms with E-state index >= 15 is 0 Å². The Balaban J connectivity index is 2.30. The summed E-state index contributed by atoms with van der Waals surface area (Å²) in [7, 11) is 0. The molecule has 0 amide bonds. The number of halogens is 3. The van der Waals surface area contributed by atoms with Crippen molar-refractivity contribution in [2.75, 3.05) is 11.1 Å². The van der Waals surface area contributed by atoms with Gasteiger partial charge in [0.2, 0.25) is 0 Å². The van der Waals surface area contributed by atoms with Crippen LogP contribution in [-0.4, -0.2) is 15.7 Å². The minimum absolute atomic E-state index is 0.275. The van der Waals surface area contributed by atoms with E-state index in [1.807, 2.05) is 0 Å². The highest BCUT2D eigenvalue weighted by Crippen LogP contribution is 2.35. The Kier molecular flexibility index (Phi) is 4.54. The Hall–Kier alpha value is -1.41. The summed E-state index contributed by atoms with van der Waals surface area (Å²) in [5, 5.41) is 2.95. The molecule has 0 radical (unpaired) electrons. The van der Waals surface area contributed by atoms with E-state index in [2.05, 4.69) is 31.2 Å². The van der Waals surface area contributed by atoms with Crippen LogP contribution in [0.1, 0.15) is 0 Å².